The highest BCUT2D eigenvalue weighted by molar-refractivity contribution is 5.74. The molecule has 0 amide bonds. The van der Waals surface area contributed by atoms with Crippen molar-refractivity contribution in [1.82, 2.24) is 29.5 Å². The average molecular weight is 300 g/mol. The van der Waals surface area contributed by atoms with Gasteiger partial charge in [-0.15, -0.1) is 10.2 Å². The quantitative estimate of drug-likeness (QED) is 0.721. The number of carbonyl (C=O) groups excluding carboxylic acids is 1. The van der Waals surface area contributed by atoms with E-state index in [9.17, 15) is 4.79 Å². The van der Waals surface area contributed by atoms with E-state index in [-0.39, 0.29) is 5.92 Å². The van der Waals surface area contributed by atoms with Crippen LogP contribution in [0, 0.1) is 0 Å². The molecule has 1 fully saturated rings. The molecule has 8 heteroatoms. The van der Waals surface area contributed by atoms with Gasteiger partial charge in [-0.25, -0.2) is 4.98 Å². The molecule has 1 N–H and O–H groups in total. The molecule has 1 atom stereocenters. The number of aromatic nitrogens is 5. The van der Waals surface area contributed by atoms with Gasteiger partial charge >= 0.3 is 0 Å². The Labute approximate surface area is 126 Å². The summed E-state index contributed by atoms with van der Waals surface area (Å²) in [6, 6.07) is 1.98. The van der Waals surface area contributed by atoms with Crippen LogP contribution in [0.1, 0.15) is 24.6 Å². The van der Waals surface area contributed by atoms with Crippen molar-refractivity contribution in [2.45, 2.75) is 18.8 Å². The second kappa shape index (κ2) is 5.38. The zero-order valence-electron chi connectivity index (χ0n) is 12.0. The molecule has 3 aromatic heterocycles. The smallest absolute Gasteiger partial charge is 0.294 e. The van der Waals surface area contributed by atoms with Gasteiger partial charge in [-0.2, -0.15) is 0 Å². The molecule has 3 aromatic rings. The first-order valence-corrected chi connectivity index (χ1v) is 7.31. The lowest BCUT2D eigenvalue weighted by molar-refractivity contribution is -0.133. The summed E-state index contributed by atoms with van der Waals surface area (Å²) in [6.07, 6.45) is 5.69. The first kappa shape index (κ1) is 13.2. The molecule has 0 saturated carbocycles. The Morgan fingerprint density at radius 3 is 3.32 bits per heavy atom. The topological polar surface area (TPSA) is 88.4 Å². The molecule has 0 aromatic carbocycles. The molecular weight excluding hydrogens is 284 g/mol. The predicted octanol–water partition coefficient (Wildman–Crippen LogP) is 0.915. The van der Waals surface area contributed by atoms with Gasteiger partial charge in [0, 0.05) is 25.2 Å². The second-order valence-corrected chi connectivity index (χ2v) is 5.53. The van der Waals surface area contributed by atoms with Crippen molar-refractivity contribution in [3.05, 3.63) is 24.3 Å². The van der Waals surface area contributed by atoms with E-state index in [1.165, 1.54) is 0 Å². The first-order valence-electron chi connectivity index (χ1n) is 7.31. The lowest BCUT2D eigenvalue weighted by atomic mass is 9.97. The SMILES string of the molecule is O=COCN1CCC[C@H](c2nnc3cnc4[nH]ccc4n23)C1. The number of H-pyrrole nitrogens is 1. The van der Waals surface area contributed by atoms with Gasteiger partial charge in [0.15, 0.2) is 11.3 Å². The van der Waals surface area contributed by atoms with E-state index in [4.69, 9.17) is 4.74 Å². The molecular formula is C14H16N6O2. The molecule has 1 saturated heterocycles. The summed E-state index contributed by atoms with van der Waals surface area (Å²) >= 11 is 0. The monoisotopic (exact) mass is 300 g/mol. The highest BCUT2D eigenvalue weighted by Gasteiger charge is 2.26. The van der Waals surface area contributed by atoms with Crippen molar-refractivity contribution >= 4 is 23.3 Å². The van der Waals surface area contributed by atoms with Crippen LogP contribution in [0.2, 0.25) is 0 Å². The minimum absolute atomic E-state index is 0.263. The first-order chi connectivity index (χ1) is 10.9. The zero-order valence-corrected chi connectivity index (χ0v) is 12.0. The highest BCUT2D eigenvalue weighted by atomic mass is 16.5. The summed E-state index contributed by atoms with van der Waals surface area (Å²) in [5.41, 5.74) is 2.56. The average Bonchev–Trinajstić information content (AvgIpc) is 3.18. The normalized spacial score (nSPS) is 19.7. The lowest BCUT2D eigenvalue weighted by Crippen LogP contribution is -2.36. The molecule has 0 aliphatic carbocycles. The Balaban J connectivity index is 1.71. The third kappa shape index (κ3) is 2.12. The minimum atomic E-state index is 0.263. The standard InChI is InChI=1S/C14H16N6O2/c21-9-22-8-19-5-1-2-10(7-19)14-18-17-12-6-16-13-11(20(12)14)3-4-15-13/h3-4,6,9-10,15H,1-2,5,7-8H2/t10-/m0/s1. The summed E-state index contributed by atoms with van der Waals surface area (Å²) in [6.45, 7) is 2.56. The number of hydrogen-bond acceptors (Lipinski definition) is 6. The molecule has 4 rings (SSSR count). The Morgan fingerprint density at radius 2 is 2.41 bits per heavy atom. The van der Waals surface area contributed by atoms with Crippen LogP contribution in [0.15, 0.2) is 18.5 Å². The third-order valence-electron chi connectivity index (χ3n) is 4.16. The molecule has 0 unspecified atom stereocenters. The molecule has 114 valence electrons. The summed E-state index contributed by atoms with van der Waals surface area (Å²) in [4.78, 5) is 19.9. The molecule has 0 radical (unpaired) electrons. The Kier molecular flexibility index (Phi) is 3.23. The predicted molar refractivity (Wildman–Crippen MR) is 78.2 cm³/mol. The summed E-state index contributed by atoms with van der Waals surface area (Å²) in [5, 5.41) is 8.63. The van der Waals surface area contributed by atoms with Crippen LogP contribution in [0.3, 0.4) is 0 Å². The van der Waals surface area contributed by atoms with Crippen LogP contribution < -0.4 is 0 Å². The second-order valence-electron chi connectivity index (χ2n) is 5.53. The van der Waals surface area contributed by atoms with Gasteiger partial charge < -0.3 is 9.72 Å². The minimum Gasteiger partial charge on any atom is -0.452 e. The van der Waals surface area contributed by atoms with E-state index in [0.717, 1.165) is 48.6 Å². The van der Waals surface area contributed by atoms with E-state index >= 15 is 0 Å². The van der Waals surface area contributed by atoms with Crippen LogP contribution >= 0.6 is 0 Å². The van der Waals surface area contributed by atoms with Gasteiger partial charge in [0.05, 0.1) is 11.7 Å². The highest BCUT2D eigenvalue weighted by Crippen LogP contribution is 2.27. The summed E-state index contributed by atoms with van der Waals surface area (Å²) in [5.74, 6) is 1.21. The number of rotatable bonds is 4. The van der Waals surface area contributed by atoms with E-state index in [1.807, 2.05) is 12.3 Å². The van der Waals surface area contributed by atoms with Crippen molar-refractivity contribution in [2.24, 2.45) is 0 Å². The van der Waals surface area contributed by atoms with Gasteiger partial charge in [0.2, 0.25) is 0 Å². The van der Waals surface area contributed by atoms with E-state index in [1.54, 1.807) is 6.20 Å². The van der Waals surface area contributed by atoms with Gasteiger partial charge in [0.1, 0.15) is 12.6 Å². The molecule has 1 aliphatic heterocycles. The maximum Gasteiger partial charge on any atom is 0.294 e. The maximum atomic E-state index is 10.4. The van der Waals surface area contributed by atoms with Crippen LogP contribution in [0.4, 0.5) is 0 Å². The Bertz CT molecular complexity index is 810. The fourth-order valence-corrected chi connectivity index (χ4v) is 3.18. The fourth-order valence-electron chi connectivity index (χ4n) is 3.18. The molecule has 0 bridgehead atoms. The summed E-state index contributed by atoms with van der Waals surface area (Å²) in [7, 11) is 0. The number of aromatic amines is 1. The van der Waals surface area contributed by atoms with Crippen LogP contribution in [0.25, 0.3) is 16.8 Å². The zero-order chi connectivity index (χ0) is 14.9. The molecule has 8 nitrogen and oxygen atoms in total. The Hall–Kier alpha value is -2.48. The number of ether oxygens (including phenoxy) is 1. The van der Waals surface area contributed by atoms with Crippen molar-refractivity contribution in [1.29, 1.82) is 0 Å². The van der Waals surface area contributed by atoms with Gasteiger partial charge in [-0.05, 0) is 18.9 Å². The summed E-state index contributed by atoms with van der Waals surface area (Å²) < 4.78 is 6.93. The number of nitrogens with one attached hydrogen (secondary N) is 1. The van der Waals surface area contributed by atoms with Crippen LogP contribution in [0.5, 0.6) is 0 Å². The van der Waals surface area contributed by atoms with Crippen molar-refractivity contribution in [3.8, 4) is 0 Å². The van der Waals surface area contributed by atoms with Crippen molar-refractivity contribution in [3.63, 3.8) is 0 Å². The number of carbonyl (C=O) groups is 1. The largest absolute Gasteiger partial charge is 0.452 e. The van der Waals surface area contributed by atoms with E-state index < -0.39 is 0 Å². The number of piperidine rings is 1. The van der Waals surface area contributed by atoms with E-state index in [2.05, 4.69) is 29.5 Å². The lowest BCUT2D eigenvalue weighted by Gasteiger charge is -2.30. The maximum absolute atomic E-state index is 10.4. The van der Waals surface area contributed by atoms with Gasteiger partial charge in [-0.1, -0.05) is 0 Å². The van der Waals surface area contributed by atoms with Crippen LogP contribution in [-0.4, -0.2) is 55.8 Å². The number of hydrogen-bond donors (Lipinski definition) is 1. The van der Waals surface area contributed by atoms with Gasteiger partial charge in [-0.3, -0.25) is 14.1 Å². The molecule has 4 heterocycles. The van der Waals surface area contributed by atoms with Crippen molar-refractivity contribution < 1.29 is 9.53 Å². The van der Waals surface area contributed by atoms with Crippen molar-refractivity contribution in [2.75, 3.05) is 19.8 Å². The third-order valence-corrected chi connectivity index (χ3v) is 4.16. The fraction of sp³-hybridized carbons (Fsp3) is 0.429. The van der Waals surface area contributed by atoms with Gasteiger partial charge in [0.25, 0.3) is 6.47 Å². The number of fused-ring (bicyclic) bond motifs is 3. The molecule has 1 aliphatic rings. The number of nitrogens with zero attached hydrogens (tertiary/aromatic N) is 5. The Morgan fingerprint density at radius 1 is 1.45 bits per heavy atom. The molecule has 0 spiro atoms. The molecule has 22 heavy (non-hydrogen) atoms. The van der Waals surface area contributed by atoms with E-state index in [0.29, 0.717) is 13.2 Å². The van der Waals surface area contributed by atoms with Crippen LogP contribution in [-0.2, 0) is 9.53 Å². The number of likely N-dealkylation sites (tertiary alicyclic amines) is 1.